The van der Waals surface area contributed by atoms with Crippen LogP contribution < -0.4 is 10.6 Å². The number of halogens is 2. The third-order valence-corrected chi connectivity index (χ3v) is 4.21. The Hall–Kier alpha value is -2.80. The van der Waals surface area contributed by atoms with Gasteiger partial charge in [0, 0.05) is 12.6 Å². The molecule has 2 aromatic carbocycles. The Morgan fingerprint density at radius 2 is 1.85 bits per heavy atom. The first-order valence-corrected chi connectivity index (χ1v) is 8.74. The highest BCUT2D eigenvalue weighted by molar-refractivity contribution is 6.04. The van der Waals surface area contributed by atoms with Gasteiger partial charge in [-0.1, -0.05) is 18.2 Å². The zero-order valence-electron chi connectivity index (χ0n) is 15.0. The fourth-order valence-electron chi connectivity index (χ4n) is 2.72. The minimum Gasteiger partial charge on any atom is -0.349 e. The Bertz CT molecular complexity index is 853. The van der Waals surface area contributed by atoms with Crippen LogP contribution in [0.25, 0.3) is 0 Å². The van der Waals surface area contributed by atoms with Crippen molar-refractivity contribution in [1.29, 1.82) is 0 Å². The van der Waals surface area contributed by atoms with E-state index in [1.54, 1.807) is 36.2 Å². The van der Waals surface area contributed by atoms with Crippen LogP contribution in [0.15, 0.2) is 42.5 Å². The van der Waals surface area contributed by atoms with E-state index < -0.39 is 11.6 Å². The van der Waals surface area contributed by atoms with Crippen LogP contribution in [0.5, 0.6) is 0 Å². The summed E-state index contributed by atoms with van der Waals surface area (Å²) >= 11 is 0. The van der Waals surface area contributed by atoms with Crippen molar-refractivity contribution in [3.05, 3.63) is 65.2 Å². The Morgan fingerprint density at radius 1 is 1.11 bits per heavy atom. The van der Waals surface area contributed by atoms with Gasteiger partial charge in [0.25, 0.3) is 5.91 Å². The highest BCUT2D eigenvalue weighted by Gasteiger charge is 2.25. The number of hydrogen-bond acceptors (Lipinski definition) is 3. The molecule has 0 aliphatic heterocycles. The minimum absolute atomic E-state index is 0.0393. The summed E-state index contributed by atoms with van der Waals surface area (Å²) < 4.78 is 26.3. The first kappa shape index (κ1) is 19.0. The van der Waals surface area contributed by atoms with Crippen molar-refractivity contribution in [1.82, 2.24) is 10.2 Å². The van der Waals surface area contributed by atoms with Gasteiger partial charge in [-0.3, -0.25) is 14.5 Å². The maximum Gasteiger partial charge on any atom is 0.253 e. The normalized spacial score (nSPS) is 13.5. The predicted molar refractivity (Wildman–Crippen MR) is 98.3 cm³/mol. The molecule has 2 aromatic rings. The molecule has 1 saturated carbocycles. The monoisotopic (exact) mass is 373 g/mol. The summed E-state index contributed by atoms with van der Waals surface area (Å²) in [7, 11) is 1.70. The van der Waals surface area contributed by atoms with Crippen molar-refractivity contribution >= 4 is 17.5 Å². The first-order chi connectivity index (χ1) is 12.9. The van der Waals surface area contributed by atoms with Gasteiger partial charge in [0.05, 0.1) is 17.8 Å². The topological polar surface area (TPSA) is 61.4 Å². The highest BCUT2D eigenvalue weighted by atomic mass is 19.2. The van der Waals surface area contributed by atoms with Crippen LogP contribution in [0.3, 0.4) is 0 Å². The van der Waals surface area contributed by atoms with Crippen molar-refractivity contribution in [2.45, 2.75) is 25.4 Å². The van der Waals surface area contributed by atoms with Crippen LogP contribution >= 0.6 is 0 Å². The molecule has 3 rings (SSSR count). The highest BCUT2D eigenvalue weighted by Crippen LogP contribution is 2.21. The van der Waals surface area contributed by atoms with Crippen molar-refractivity contribution < 1.29 is 18.4 Å². The molecule has 0 saturated heterocycles. The molecule has 0 bridgehead atoms. The van der Waals surface area contributed by atoms with E-state index in [9.17, 15) is 18.4 Å². The van der Waals surface area contributed by atoms with Gasteiger partial charge in [-0.15, -0.1) is 0 Å². The lowest BCUT2D eigenvalue weighted by Crippen LogP contribution is -2.31. The van der Waals surface area contributed by atoms with Gasteiger partial charge in [-0.05, 0) is 49.7 Å². The summed E-state index contributed by atoms with van der Waals surface area (Å²) in [4.78, 5) is 26.3. The van der Waals surface area contributed by atoms with E-state index in [1.807, 2.05) is 0 Å². The lowest BCUT2D eigenvalue weighted by molar-refractivity contribution is -0.117. The number of rotatable bonds is 7. The molecule has 0 unspecified atom stereocenters. The van der Waals surface area contributed by atoms with E-state index in [1.165, 1.54) is 6.07 Å². The molecule has 1 aliphatic rings. The molecule has 7 heteroatoms. The number of likely N-dealkylation sites (N-methyl/N-ethyl adjacent to an activating group) is 1. The van der Waals surface area contributed by atoms with Gasteiger partial charge < -0.3 is 10.6 Å². The molecule has 2 amide bonds. The second-order valence-corrected chi connectivity index (χ2v) is 6.76. The lowest BCUT2D eigenvalue weighted by Gasteiger charge is -2.17. The number of para-hydroxylation sites is 1. The standard InChI is InChI=1S/C20H21F2N3O2/c1-25(11-13-6-9-16(21)17(22)10-13)12-19(26)24-18-5-3-2-4-15(18)20(27)23-14-7-8-14/h2-6,9-10,14H,7-8,11-12H2,1H3,(H,23,27)(H,24,26). The Labute approximate surface area is 156 Å². The fourth-order valence-corrected chi connectivity index (χ4v) is 2.72. The van der Waals surface area contributed by atoms with E-state index >= 15 is 0 Å². The van der Waals surface area contributed by atoms with Crippen LogP contribution in [0.2, 0.25) is 0 Å². The minimum atomic E-state index is -0.916. The number of anilines is 1. The van der Waals surface area contributed by atoms with Gasteiger partial charge in [0.15, 0.2) is 11.6 Å². The molecule has 0 atom stereocenters. The summed E-state index contributed by atoms with van der Waals surface area (Å²) in [5, 5.41) is 5.65. The van der Waals surface area contributed by atoms with E-state index in [0.717, 1.165) is 25.0 Å². The van der Waals surface area contributed by atoms with Crippen molar-refractivity contribution in [3.63, 3.8) is 0 Å². The summed E-state index contributed by atoms with van der Waals surface area (Å²) in [6.45, 7) is 0.325. The van der Waals surface area contributed by atoms with Crippen LogP contribution in [-0.4, -0.2) is 36.3 Å². The number of benzene rings is 2. The second kappa shape index (κ2) is 8.26. The summed E-state index contributed by atoms with van der Waals surface area (Å²) in [5.41, 5.74) is 1.43. The average molecular weight is 373 g/mol. The molecule has 1 aliphatic carbocycles. The lowest BCUT2D eigenvalue weighted by atomic mass is 10.1. The molecular weight excluding hydrogens is 352 g/mol. The largest absolute Gasteiger partial charge is 0.349 e. The molecule has 2 N–H and O–H groups in total. The predicted octanol–water partition coefficient (Wildman–Crippen LogP) is 2.93. The van der Waals surface area contributed by atoms with Gasteiger partial charge in [-0.25, -0.2) is 8.78 Å². The van der Waals surface area contributed by atoms with Crippen molar-refractivity contribution in [3.8, 4) is 0 Å². The number of carbonyl (C=O) groups excluding carboxylic acids is 2. The average Bonchev–Trinajstić information content (AvgIpc) is 3.42. The van der Waals surface area contributed by atoms with Crippen LogP contribution in [-0.2, 0) is 11.3 Å². The zero-order valence-corrected chi connectivity index (χ0v) is 15.0. The zero-order chi connectivity index (χ0) is 19.4. The number of nitrogens with one attached hydrogen (secondary N) is 2. The number of nitrogens with zero attached hydrogens (tertiary/aromatic N) is 1. The quantitative estimate of drug-likeness (QED) is 0.785. The van der Waals surface area contributed by atoms with E-state index in [-0.39, 0.29) is 30.9 Å². The summed E-state index contributed by atoms with van der Waals surface area (Å²) in [6, 6.07) is 10.7. The molecule has 1 fully saturated rings. The van der Waals surface area contributed by atoms with Crippen LogP contribution in [0.4, 0.5) is 14.5 Å². The molecule has 5 nitrogen and oxygen atoms in total. The van der Waals surface area contributed by atoms with Gasteiger partial charge in [0.2, 0.25) is 5.91 Å². The molecule has 142 valence electrons. The molecule has 0 heterocycles. The Kier molecular flexibility index (Phi) is 5.81. The molecule has 0 aromatic heterocycles. The maximum atomic E-state index is 13.3. The fraction of sp³-hybridized carbons (Fsp3) is 0.300. The number of carbonyl (C=O) groups is 2. The number of amides is 2. The summed E-state index contributed by atoms with van der Waals surface area (Å²) in [6.07, 6.45) is 1.96. The van der Waals surface area contributed by atoms with Crippen molar-refractivity contribution in [2.24, 2.45) is 0 Å². The molecule has 0 radical (unpaired) electrons. The summed E-state index contributed by atoms with van der Waals surface area (Å²) in [5.74, 6) is -2.32. The molecule has 0 spiro atoms. The van der Waals surface area contributed by atoms with E-state index in [0.29, 0.717) is 16.8 Å². The van der Waals surface area contributed by atoms with Crippen molar-refractivity contribution in [2.75, 3.05) is 18.9 Å². The number of hydrogen-bond donors (Lipinski definition) is 2. The third-order valence-electron chi connectivity index (χ3n) is 4.21. The van der Waals surface area contributed by atoms with Crippen LogP contribution in [0.1, 0.15) is 28.8 Å². The van der Waals surface area contributed by atoms with Gasteiger partial charge in [-0.2, -0.15) is 0 Å². The SMILES string of the molecule is CN(CC(=O)Nc1ccccc1C(=O)NC1CC1)Cc1ccc(F)c(F)c1. The molecule has 27 heavy (non-hydrogen) atoms. The third kappa shape index (κ3) is 5.34. The van der Waals surface area contributed by atoms with Crippen LogP contribution in [0, 0.1) is 11.6 Å². The molecular formula is C20H21F2N3O2. The Morgan fingerprint density at radius 3 is 2.56 bits per heavy atom. The second-order valence-electron chi connectivity index (χ2n) is 6.76. The Balaban J connectivity index is 1.58. The van der Waals surface area contributed by atoms with E-state index in [2.05, 4.69) is 10.6 Å². The smallest absolute Gasteiger partial charge is 0.253 e. The maximum absolute atomic E-state index is 13.3. The van der Waals surface area contributed by atoms with E-state index in [4.69, 9.17) is 0 Å². The first-order valence-electron chi connectivity index (χ1n) is 8.74. The van der Waals surface area contributed by atoms with Gasteiger partial charge >= 0.3 is 0 Å². The van der Waals surface area contributed by atoms with Gasteiger partial charge in [0.1, 0.15) is 0 Å².